The van der Waals surface area contributed by atoms with E-state index in [2.05, 4.69) is 10.6 Å². The third kappa shape index (κ3) is 7.71. The molecule has 236 valence electrons. The molecule has 4 rings (SSSR count). The van der Waals surface area contributed by atoms with E-state index in [9.17, 15) is 36.6 Å². The second-order valence-corrected chi connectivity index (χ2v) is 11.7. The van der Waals surface area contributed by atoms with Crippen molar-refractivity contribution in [3.63, 3.8) is 0 Å². The molecule has 1 fully saturated rings. The Balaban J connectivity index is 1.44. The highest BCUT2D eigenvalue weighted by molar-refractivity contribution is 7.98. The zero-order chi connectivity index (χ0) is 32.0. The van der Waals surface area contributed by atoms with Crippen LogP contribution in [-0.4, -0.2) is 47.2 Å². The standard InChI is InChI=1S/C32H33F5N2O4S/c1-17-5-3-4-6-21(17)23-15-18(7-12-22(23)31(40)39-24(32(41)42)13-14-44-2)16-38-19-8-10-20(11-9-19)43-30-28(36)26(34)25(33)27(35)29(30)37/h3-7,12,15,19-20,24,38H,8-11,13-14,16H2,1-2H3,(H,39,40)(H,41,42). The number of carboxylic acid groups (broad SMARTS) is 1. The van der Waals surface area contributed by atoms with Gasteiger partial charge in [-0.05, 0) is 85.4 Å². The fourth-order valence-corrected chi connectivity index (χ4v) is 5.70. The van der Waals surface area contributed by atoms with E-state index in [-0.39, 0.29) is 6.04 Å². The van der Waals surface area contributed by atoms with E-state index in [1.165, 1.54) is 11.8 Å². The van der Waals surface area contributed by atoms with Crippen LogP contribution in [-0.2, 0) is 11.3 Å². The number of aryl methyl sites for hydroxylation is 1. The van der Waals surface area contributed by atoms with E-state index >= 15 is 0 Å². The molecule has 1 atom stereocenters. The number of ether oxygens (including phenoxy) is 1. The van der Waals surface area contributed by atoms with Crippen molar-refractivity contribution in [3.8, 4) is 16.9 Å². The molecule has 0 heterocycles. The number of halogens is 5. The molecule has 0 saturated heterocycles. The van der Waals surface area contributed by atoms with Crippen LogP contribution in [0.1, 0.15) is 53.6 Å². The van der Waals surface area contributed by atoms with Gasteiger partial charge in [-0.2, -0.15) is 20.5 Å². The van der Waals surface area contributed by atoms with Gasteiger partial charge in [0, 0.05) is 18.2 Å². The van der Waals surface area contributed by atoms with Gasteiger partial charge in [0.2, 0.25) is 29.1 Å². The number of aliphatic carboxylic acids is 1. The van der Waals surface area contributed by atoms with Crippen LogP contribution in [0.5, 0.6) is 5.75 Å². The van der Waals surface area contributed by atoms with Crippen LogP contribution >= 0.6 is 11.8 Å². The fraction of sp³-hybridized carbons (Fsp3) is 0.375. The molecular weight excluding hydrogens is 603 g/mol. The van der Waals surface area contributed by atoms with E-state index in [0.29, 0.717) is 55.5 Å². The predicted molar refractivity (Wildman–Crippen MR) is 158 cm³/mol. The Hall–Kier alpha value is -3.64. The van der Waals surface area contributed by atoms with Gasteiger partial charge < -0.3 is 20.5 Å². The molecule has 12 heteroatoms. The third-order valence-corrected chi connectivity index (χ3v) is 8.34. The molecular formula is C32H33F5N2O4S. The van der Waals surface area contributed by atoms with E-state index in [4.69, 9.17) is 4.74 Å². The number of carboxylic acids is 1. The molecule has 1 aliphatic rings. The summed E-state index contributed by atoms with van der Waals surface area (Å²) in [4.78, 5) is 25.0. The predicted octanol–water partition coefficient (Wildman–Crippen LogP) is 6.77. The normalized spacial score (nSPS) is 17.2. The minimum absolute atomic E-state index is 0.00359. The molecule has 1 amide bonds. The smallest absolute Gasteiger partial charge is 0.326 e. The molecule has 0 radical (unpaired) electrons. The Morgan fingerprint density at radius 2 is 1.57 bits per heavy atom. The van der Waals surface area contributed by atoms with Gasteiger partial charge in [0.05, 0.1) is 6.10 Å². The lowest BCUT2D eigenvalue weighted by Crippen LogP contribution is -2.41. The van der Waals surface area contributed by atoms with Gasteiger partial charge in [-0.3, -0.25) is 4.79 Å². The van der Waals surface area contributed by atoms with Gasteiger partial charge >= 0.3 is 5.97 Å². The number of carbonyl (C=O) groups excluding carboxylic acids is 1. The SMILES string of the molecule is CSCCC(NC(=O)c1ccc(CNC2CCC(Oc3c(F)c(F)c(F)c(F)c3F)CC2)cc1-c1ccccc1C)C(=O)O. The largest absolute Gasteiger partial charge is 0.484 e. The Bertz CT molecular complexity index is 1490. The van der Waals surface area contributed by atoms with Crippen molar-refractivity contribution in [2.24, 2.45) is 0 Å². The zero-order valence-electron chi connectivity index (χ0n) is 24.2. The van der Waals surface area contributed by atoms with Crippen molar-refractivity contribution in [2.75, 3.05) is 12.0 Å². The molecule has 3 aromatic rings. The number of carbonyl (C=O) groups is 2. The molecule has 3 aromatic carbocycles. The molecule has 0 spiro atoms. The minimum atomic E-state index is -2.23. The average Bonchev–Trinajstić information content (AvgIpc) is 3.02. The van der Waals surface area contributed by atoms with E-state index < -0.39 is 58.9 Å². The summed E-state index contributed by atoms with van der Waals surface area (Å²) < 4.78 is 73.7. The first-order chi connectivity index (χ1) is 21.0. The van der Waals surface area contributed by atoms with Crippen molar-refractivity contribution in [2.45, 2.75) is 63.8 Å². The minimum Gasteiger partial charge on any atom is -0.484 e. The topological polar surface area (TPSA) is 87.7 Å². The number of nitrogens with one attached hydrogen (secondary N) is 2. The molecule has 1 saturated carbocycles. The molecule has 6 nitrogen and oxygen atoms in total. The van der Waals surface area contributed by atoms with Crippen LogP contribution in [0, 0.1) is 36.0 Å². The van der Waals surface area contributed by atoms with Crippen molar-refractivity contribution < 1.29 is 41.4 Å². The lowest BCUT2D eigenvalue weighted by Gasteiger charge is -2.30. The fourth-order valence-electron chi connectivity index (χ4n) is 5.23. The maximum atomic E-state index is 14.0. The highest BCUT2D eigenvalue weighted by Gasteiger charge is 2.30. The molecule has 3 N–H and O–H groups in total. The molecule has 0 aliphatic heterocycles. The number of thioether (sulfide) groups is 1. The Labute approximate surface area is 256 Å². The van der Waals surface area contributed by atoms with Crippen molar-refractivity contribution in [3.05, 3.63) is 88.2 Å². The highest BCUT2D eigenvalue weighted by atomic mass is 32.2. The lowest BCUT2D eigenvalue weighted by atomic mass is 9.91. The molecule has 44 heavy (non-hydrogen) atoms. The van der Waals surface area contributed by atoms with Gasteiger partial charge in [0.25, 0.3) is 5.91 Å². The Morgan fingerprint density at radius 1 is 0.932 bits per heavy atom. The first-order valence-electron chi connectivity index (χ1n) is 14.1. The van der Waals surface area contributed by atoms with Gasteiger partial charge in [-0.25, -0.2) is 18.0 Å². The zero-order valence-corrected chi connectivity index (χ0v) is 25.0. The monoisotopic (exact) mass is 636 g/mol. The summed E-state index contributed by atoms with van der Waals surface area (Å²) in [6.07, 6.45) is 3.20. The van der Waals surface area contributed by atoms with Crippen molar-refractivity contribution >= 4 is 23.6 Å². The first kappa shape index (κ1) is 33.3. The van der Waals surface area contributed by atoms with E-state index in [1.807, 2.05) is 43.5 Å². The lowest BCUT2D eigenvalue weighted by molar-refractivity contribution is -0.139. The van der Waals surface area contributed by atoms with Crippen molar-refractivity contribution in [1.82, 2.24) is 10.6 Å². The maximum Gasteiger partial charge on any atom is 0.326 e. The Morgan fingerprint density at radius 3 is 2.18 bits per heavy atom. The Kier molecular flexibility index (Phi) is 11.3. The number of hydrogen-bond acceptors (Lipinski definition) is 5. The highest BCUT2D eigenvalue weighted by Crippen LogP contribution is 2.33. The van der Waals surface area contributed by atoms with Crippen LogP contribution in [0.4, 0.5) is 22.0 Å². The summed E-state index contributed by atoms with van der Waals surface area (Å²) >= 11 is 1.50. The summed E-state index contributed by atoms with van der Waals surface area (Å²) in [7, 11) is 0. The van der Waals surface area contributed by atoms with Crippen LogP contribution in [0.25, 0.3) is 11.1 Å². The summed E-state index contributed by atoms with van der Waals surface area (Å²) in [5, 5.41) is 15.7. The number of rotatable bonds is 12. The van der Waals surface area contributed by atoms with Gasteiger partial charge in [0.1, 0.15) is 6.04 Å². The van der Waals surface area contributed by atoms with Crippen LogP contribution in [0.3, 0.4) is 0 Å². The van der Waals surface area contributed by atoms with Crippen molar-refractivity contribution in [1.29, 1.82) is 0 Å². The van der Waals surface area contributed by atoms with E-state index in [0.717, 1.165) is 16.7 Å². The molecule has 1 unspecified atom stereocenters. The number of hydrogen-bond donors (Lipinski definition) is 3. The van der Waals surface area contributed by atoms with E-state index in [1.54, 1.807) is 12.1 Å². The molecule has 0 bridgehead atoms. The summed E-state index contributed by atoms with van der Waals surface area (Å²) in [5.41, 5.74) is 3.66. The van der Waals surface area contributed by atoms with Crippen LogP contribution < -0.4 is 15.4 Å². The molecule has 0 aromatic heterocycles. The summed E-state index contributed by atoms with van der Waals surface area (Å²) in [6, 6.07) is 11.9. The van der Waals surface area contributed by atoms with Gasteiger partial charge in [-0.15, -0.1) is 0 Å². The summed E-state index contributed by atoms with van der Waals surface area (Å²) in [5.74, 6) is -12.5. The second-order valence-electron chi connectivity index (χ2n) is 10.7. The second kappa shape index (κ2) is 14.9. The quantitative estimate of drug-likeness (QED) is 0.116. The molecule has 1 aliphatic carbocycles. The van der Waals surface area contributed by atoms with Crippen LogP contribution in [0.2, 0.25) is 0 Å². The maximum absolute atomic E-state index is 14.0. The average molecular weight is 637 g/mol. The number of amides is 1. The summed E-state index contributed by atoms with van der Waals surface area (Å²) in [6.45, 7) is 2.35. The van der Waals surface area contributed by atoms with Gasteiger partial charge in [0.15, 0.2) is 5.75 Å². The first-order valence-corrected chi connectivity index (χ1v) is 15.5. The van der Waals surface area contributed by atoms with Crippen LogP contribution in [0.15, 0.2) is 42.5 Å². The number of benzene rings is 3. The third-order valence-electron chi connectivity index (χ3n) is 7.70. The van der Waals surface area contributed by atoms with Gasteiger partial charge in [-0.1, -0.05) is 30.3 Å².